The molecule has 9 nitrogen and oxygen atoms in total. The van der Waals surface area contributed by atoms with Crippen LogP contribution in [-0.4, -0.2) is 22.5 Å². The molecule has 0 radical (unpaired) electrons. The third kappa shape index (κ3) is 4.05. The summed E-state index contributed by atoms with van der Waals surface area (Å²) >= 11 is 2.39. The highest BCUT2D eigenvalue weighted by Gasteiger charge is 2.25. The van der Waals surface area contributed by atoms with Gasteiger partial charge < -0.3 is 20.6 Å². The van der Waals surface area contributed by atoms with E-state index >= 15 is 0 Å². The van der Waals surface area contributed by atoms with Gasteiger partial charge in [0.2, 0.25) is 0 Å². The lowest BCUT2D eigenvalue weighted by atomic mass is 10.0. The van der Waals surface area contributed by atoms with E-state index in [4.69, 9.17) is 20.6 Å². The fourth-order valence-electron chi connectivity index (χ4n) is 3.63. The molecular formula is C24H18N6O3S2. The minimum absolute atomic E-state index is 0.0412. The zero-order chi connectivity index (χ0) is 24.5. The van der Waals surface area contributed by atoms with Gasteiger partial charge in [0, 0.05) is 16.3 Å². The van der Waals surface area contributed by atoms with Crippen molar-refractivity contribution in [2.75, 3.05) is 23.4 Å². The third-order valence-electron chi connectivity index (χ3n) is 5.18. The van der Waals surface area contributed by atoms with E-state index in [1.807, 2.05) is 36.6 Å². The van der Waals surface area contributed by atoms with E-state index in [1.54, 1.807) is 12.1 Å². The van der Waals surface area contributed by atoms with Crippen molar-refractivity contribution in [3.8, 4) is 34.4 Å². The van der Waals surface area contributed by atoms with Crippen molar-refractivity contribution in [2.24, 2.45) is 0 Å². The van der Waals surface area contributed by atoms with Crippen molar-refractivity contribution in [3.63, 3.8) is 0 Å². The Labute approximate surface area is 207 Å². The number of ether oxygens (including phenoxy) is 1. The standard InChI is InChI=1S/C24H18N6O3S2/c1-2-32-13-7-5-12(6-8-13)15-11-34-24(28-15)30-22(31)20-19(26)18-17(16-4-3-9-33-16)14(10-25)21(27)29-23(18)35-20/h3-9,11H,2,26H2,1H3,(H2,27,29)(H,28,30,31). The molecule has 0 saturated heterocycles. The van der Waals surface area contributed by atoms with Crippen molar-refractivity contribution < 1.29 is 13.9 Å². The van der Waals surface area contributed by atoms with E-state index < -0.39 is 5.91 Å². The zero-order valence-corrected chi connectivity index (χ0v) is 20.0. The maximum atomic E-state index is 13.1. The van der Waals surface area contributed by atoms with E-state index in [9.17, 15) is 10.1 Å². The number of nitrogen functional groups attached to an aromatic ring is 2. The lowest BCUT2D eigenvalue weighted by molar-refractivity contribution is 0.103. The molecule has 4 heterocycles. The van der Waals surface area contributed by atoms with Crippen molar-refractivity contribution in [3.05, 3.63) is 58.5 Å². The molecule has 1 amide bonds. The van der Waals surface area contributed by atoms with Crippen LogP contribution in [-0.2, 0) is 0 Å². The minimum Gasteiger partial charge on any atom is -0.494 e. The predicted octanol–water partition coefficient (Wildman–Crippen LogP) is 5.37. The number of nitriles is 1. The lowest BCUT2D eigenvalue weighted by Gasteiger charge is -2.06. The summed E-state index contributed by atoms with van der Waals surface area (Å²) < 4.78 is 11.0. The van der Waals surface area contributed by atoms with Gasteiger partial charge in [0.1, 0.15) is 38.7 Å². The summed E-state index contributed by atoms with van der Waals surface area (Å²) in [5.74, 6) is 0.806. The molecule has 35 heavy (non-hydrogen) atoms. The smallest absolute Gasteiger partial charge is 0.269 e. The molecule has 0 saturated carbocycles. The Kier molecular flexibility index (Phi) is 5.82. The Morgan fingerprint density at radius 1 is 1.23 bits per heavy atom. The quantitative estimate of drug-likeness (QED) is 0.280. The first-order valence-corrected chi connectivity index (χ1v) is 12.1. The molecule has 0 aliphatic carbocycles. The SMILES string of the molecule is CCOc1ccc(-c2csc(NC(=O)c3sc4nc(N)c(C#N)c(-c5ccco5)c4c3N)n2)cc1. The van der Waals surface area contributed by atoms with Gasteiger partial charge in [0.25, 0.3) is 5.91 Å². The second-order valence-electron chi connectivity index (χ2n) is 7.31. The van der Waals surface area contributed by atoms with Gasteiger partial charge in [-0.3, -0.25) is 10.1 Å². The average molecular weight is 503 g/mol. The number of nitrogens with two attached hydrogens (primary N) is 2. The Balaban J connectivity index is 1.47. The van der Waals surface area contributed by atoms with Crippen LogP contribution in [0.25, 0.3) is 32.8 Å². The van der Waals surface area contributed by atoms with Crippen LogP contribution in [0.5, 0.6) is 5.75 Å². The number of rotatable bonds is 6. The van der Waals surface area contributed by atoms with Crippen LogP contribution in [0.2, 0.25) is 0 Å². The molecule has 5 rings (SSSR count). The Morgan fingerprint density at radius 2 is 2.03 bits per heavy atom. The van der Waals surface area contributed by atoms with Gasteiger partial charge in [0.05, 0.1) is 29.8 Å². The average Bonchev–Trinajstić information content (AvgIpc) is 3.60. The normalized spacial score (nSPS) is 10.9. The number of hydrogen-bond acceptors (Lipinski definition) is 10. The minimum atomic E-state index is -0.430. The fourth-order valence-corrected chi connectivity index (χ4v) is 5.35. The number of nitrogens with zero attached hydrogens (tertiary/aromatic N) is 3. The number of carbonyl (C=O) groups is 1. The number of thiophene rings is 1. The highest BCUT2D eigenvalue weighted by Crippen LogP contribution is 2.43. The first-order chi connectivity index (χ1) is 17.0. The number of furan rings is 1. The van der Waals surface area contributed by atoms with Crippen molar-refractivity contribution >= 4 is 55.4 Å². The van der Waals surface area contributed by atoms with Crippen LogP contribution in [0.1, 0.15) is 22.2 Å². The number of nitrogens with one attached hydrogen (secondary N) is 1. The summed E-state index contributed by atoms with van der Waals surface area (Å²) in [5, 5.41) is 15.2. The molecule has 11 heteroatoms. The van der Waals surface area contributed by atoms with E-state index in [1.165, 1.54) is 17.6 Å². The molecule has 174 valence electrons. The third-order valence-corrected chi connectivity index (χ3v) is 7.03. The van der Waals surface area contributed by atoms with E-state index in [0.717, 1.165) is 28.3 Å². The molecule has 0 bridgehead atoms. The van der Waals surface area contributed by atoms with E-state index in [-0.39, 0.29) is 21.9 Å². The number of fused-ring (bicyclic) bond motifs is 1. The number of amides is 1. The Bertz CT molecular complexity index is 1580. The summed E-state index contributed by atoms with van der Waals surface area (Å²) in [6.45, 7) is 2.52. The number of aromatic nitrogens is 2. The summed E-state index contributed by atoms with van der Waals surface area (Å²) in [5.41, 5.74) is 14.8. The van der Waals surface area contributed by atoms with Gasteiger partial charge in [-0.1, -0.05) is 0 Å². The molecule has 5 aromatic rings. The molecule has 4 aromatic heterocycles. The molecular weight excluding hydrogens is 484 g/mol. The predicted molar refractivity (Wildman–Crippen MR) is 138 cm³/mol. The van der Waals surface area contributed by atoms with Gasteiger partial charge in [-0.05, 0) is 43.3 Å². The number of benzene rings is 1. The van der Waals surface area contributed by atoms with Crippen LogP contribution in [0, 0.1) is 11.3 Å². The van der Waals surface area contributed by atoms with Crippen LogP contribution in [0.4, 0.5) is 16.6 Å². The highest BCUT2D eigenvalue weighted by atomic mass is 32.1. The van der Waals surface area contributed by atoms with Crippen LogP contribution >= 0.6 is 22.7 Å². The Morgan fingerprint density at radius 3 is 2.71 bits per heavy atom. The van der Waals surface area contributed by atoms with Gasteiger partial charge >= 0.3 is 0 Å². The van der Waals surface area contributed by atoms with Crippen LogP contribution < -0.4 is 21.5 Å². The zero-order valence-electron chi connectivity index (χ0n) is 18.4. The maximum absolute atomic E-state index is 13.1. The van der Waals surface area contributed by atoms with Gasteiger partial charge in [-0.2, -0.15) is 5.26 Å². The summed E-state index contributed by atoms with van der Waals surface area (Å²) in [7, 11) is 0. The maximum Gasteiger partial charge on any atom is 0.269 e. The van der Waals surface area contributed by atoms with Crippen LogP contribution in [0.15, 0.2) is 52.5 Å². The topological polar surface area (TPSA) is 153 Å². The lowest BCUT2D eigenvalue weighted by Crippen LogP contribution is -2.11. The number of thiazole rings is 1. The fraction of sp³-hybridized carbons (Fsp3) is 0.0833. The summed E-state index contributed by atoms with van der Waals surface area (Å²) in [6, 6.07) is 13.0. The summed E-state index contributed by atoms with van der Waals surface area (Å²) in [4.78, 5) is 22.6. The van der Waals surface area contributed by atoms with Crippen LogP contribution in [0.3, 0.4) is 0 Å². The summed E-state index contributed by atoms with van der Waals surface area (Å²) in [6.07, 6.45) is 1.49. The highest BCUT2D eigenvalue weighted by molar-refractivity contribution is 7.21. The number of anilines is 3. The van der Waals surface area contributed by atoms with Crippen molar-refractivity contribution in [1.82, 2.24) is 9.97 Å². The second-order valence-corrected chi connectivity index (χ2v) is 9.17. The largest absolute Gasteiger partial charge is 0.494 e. The number of pyridine rings is 1. The molecule has 0 unspecified atom stereocenters. The van der Waals surface area contributed by atoms with Gasteiger partial charge in [-0.25, -0.2) is 9.97 Å². The monoisotopic (exact) mass is 502 g/mol. The van der Waals surface area contributed by atoms with E-state index in [0.29, 0.717) is 33.3 Å². The molecule has 0 atom stereocenters. The van der Waals surface area contributed by atoms with Gasteiger partial charge in [-0.15, -0.1) is 22.7 Å². The Hall–Kier alpha value is -4.40. The number of carbonyl (C=O) groups excluding carboxylic acids is 1. The molecule has 5 N–H and O–H groups in total. The second kappa shape index (κ2) is 9.09. The first-order valence-electron chi connectivity index (χ1n) is 10.5. The molecule has 0 fully saturated rings. The molecule has 0 aliphatic heterocycles. The van der Waals surface area contributed by atoms with Gasteiger partial charge in [0.15, 0.2) is 5.13 Å². The molecule has 1 aromatic carbocycles. The van der Waals surface area contributed by atoms with Crippen molar-refractivity contribution in [2.45, 2.75) is 6.92 Å². The van der Waals surface area contributed by atoms with Crippen molar-refractivity contribution in [1.29, 1.82) is 5.26 Å². The molecule has 0 aliphatic rings. The number of hydrogen-bond donors (Lipinski definition) is 3. The first kappa shape index (κ1) is 22.4. The van der Waals surface area contributed by atoms with E-state index in [2.05, 4.69) is 21.4 Å². The molecule has 0 spiro atoms.